The molecule has 0 saturated carbocycles. The minimum absolute atomic E-state index is 0.0150. The average molecular weight is 302 g/mol. The van der Waals surface area contributed by atoms with Crippen LogP contribution in [0.2, 0.25) is 0 Å². The first kappa shape index (κ1) is 15.3. The summed E-state index contributed by atoms with van der Waals surface area (Å²) < 4.78 is 10.4. The highest BCUT2D eigenvalue weighted by atomic mass is 32.2. The normalized spacial score (nSPS) is 10.2. The number of rotatable bonds is 6. The van der Waals surface area contributed by atoms with Gasteiger partial charge in [-0.25, -0.2) is 0 Å². The van der Waals surface area contributed by atoms with Crippen molar-refractivity contribution in [3.8, 4) is 11.5 Å². The molecule has 0 unspecified atom stereocenters. The lowest BCUT2D eigenvalue weighted by Crippen LogP contribution is -2.12. The lowest BCUT2D eigenvalue weighted by molar-refractivity contribution is 0.413. The van der Waals surface area contributed by atoms with Crippen molar-refractivity contribution in [3.05, 3.63) is 53.6 Å². The minimum Gasteiger partial charge on any atom is -0.497 e. The lowest BCUT2D eigenvalue weighted by Gasteiger charge is -2.09. The van der Waals surface area contributed by atoms with E-state index in [0.717, 1.165) is 17.1 Å². The summed E-state index contributed by atoms with van der Waals surface area (Å²) in [5.74, 6) is 2.32. The van der Waals surface area contributed by atoms with E-state index in [4.69, 9.17) is 20.6 Å². The van der Waals surface area contributed by atoms with E-state index in [-0.39, 0.29) is 5.84 Å². The Kier molecular flexibility index (Phi) is 5.11. The lowest BCUT2D eigenvalue weighted by atomic mass is 10.1. The van der Waals surface area contributed by atoms with Crippen LogP contribution in [0.3, 0.4) is 0 Å². The molecule has 2 aromatic carbocycles. The van der Waals surface area contributed by atoms with Crippen molar-refractivity contribution in [2.75, 3.05) is 14.2 Å². The predicted octanol–water partition coefficient (Wildman–Crippen LogP) is 3.28. The fourth-order valence-corrected chi connectivity index (χ4v) is 2.73. The maximum atomic E-state index is 7.51. The van der Waals surface area contributed by atoms with Crippen LogP contribution in [0.25, 0.3) is 0 Å². The molecular weight excluding hydrogens is 284 g/mol. The Balaban J connectivity index is 2.07. The molecule has 2 aromatic rings. The Hall–Kier alpha value is -2.14. The van der Waals surface area contributed by atoms with Crippen molar-refractivity contribution in [2.45, 2.75) is 10.6 Å². The highest BCUT2D eigenvalue weighted by molar-refractivity contribution is 7.98. The number of hydrogen-bond donors (Lipinski definition) is 2. The van der Waals surface area contributed by atoms with Gasteiger partial charge in [-0.2, -0.15) is 0 Å². The van der Waals surface area contributed by atoms with Crippen LogP contribution >= 0.6 is 11.8 Å². The Morgan fingerprint density at radius 2 is 1.81 bits per heavy atom. The number of hydrogen-bond acceptors (Lipinski definition) is 4. The molecule has 0 saturated heterocycles. The van der Waals surface area contributed by atoms with Crippen molar-refractivity contribution < 1.29 is 9.47 Å². The number of nitrogen functional groups attached to an aromatic ring is 1. The SMILES string of the molecule is COc1ccc(SCc2ccc(C(=N)N)c(OC)c2)cc1. The molecule has 0 bridgehead atoms. The Labute approximate surface area is 128 Å². The molecule has 0 aromatic heterocycles. The average Bonchev–Trinajstić information content (AvgIpc) is 2.52. The first-order chi connectivity index (χ1) is 10.1. The van der Waals surface area contributed by atoms with E-state index in [0.29, 0.717) is 11.3 Å². The summed E-state index contributed by atoms with van der Waals surface area (Å²) in [6.07, 6.45) is 0. The Morgan fingerprint density at radius 1 is 1.10 bits per heavy atom. The number of thioether (sulfide) groups is 1. The van der Waals surface area contributed by atoms with Gasteiger partial charge in [0.15, 0.2) is 0 Å². The van der Waals surface area contributed by atoms with Gasteiger partial charge in [-0.3, -0.25) is 5.41 Å². The van der Waals surface area contributed by atoms with E-state index in [2.05, 4.69) is 0 Å². The van der Waals surface area contributed by atoms with Crippen molar-refractivity contribution in [1.29, 1.82) is 5.41 Å². The van der Waals surface area contributed by atoms with Gasteiger partial charge in [0.1, 0.15) is 17.3 Å². The Bertz CT molecular complexity index is 627. The predicted molar refractivity (Wildman–Crippen MR) is 86.6 cm³/mol. The van der Waals surface area contributed by atoms with Gasteiger partial charge in [0.25, 0.3) is 0 Å². The third-order valence-corrected chi connectivity index (χ3v) is 4.10. The van der Waals surface area contributed by atoms with Crippen LogP contribution < -0.4 is 15.2 Å². The van der Waals surface area contributed by atoms with Crippen LogP contribution in [-0.2, 0) is 5.75 Å². The number of benzene rings is 2. The molecule has 21 heavy (non-hydrogen) atoms. The second kappa shape index (κ2) is 7.04. The molecule has 5 heteroatoms. The van der Waals surface area contributed by atoms with Gasteiger partial charge in [0.05, 0.1) is 19.8 Å². The monoisotopic (exact) mass is 302 g/mol. The van der Waals surface area contributed by atoms with Crippen LogP contribution in [-0.4, -0.2) is 20.1 Å². The van der Waals surface area contributed by atoms with Crippen LogP contribution in [0.1, 0.15) is 11.1 Å². The quantitative estimate of drug-likeness (QED) is 0.488. The van der Waals surface area contributed by atoms with Crippen molar-refractivity contribution >= 4 is 17.6 Å². The molecule has 0 spiro atoms. The third-order valence-electron chi connectivity index (χ3n) is 3.02. The number of nitrogens with two attached hydrogens (primary N) is 1. The van der Waals surface area contributed by atoms with Crippen molar-refractivity contribution in [2.24, 2.45) is 5.73 Å². The van der Waals surface area contributed by atoms with Gasteiger partial charge >= 0.3 is 0 Å². The maximum absolute atomic E-state index is 7.51. The highest BCUT2D eigenvalue weighted by Crippen LogP contribution is 2.27. The van der Waals surface area contributed by atoms with Gasteiger partial charge in [0.2, 0.25) is 0 Å². The number of ether oxygens (including phenoxy) is 2. The first-order valence-electron chi connectivity index (χ1n) is 6.42. The van der Waals surface area contributed by atoms with Crippen molar-refractivity contribution in [1.82, 2.24) is 0 Å². The summed E-state index contributed by atoms with van der Waals surface area (Å²) in [5.41, 5.74) is 7.26. The molecule has 4 nitrogen and oxygen atoms in total. The van der Waals surface area contributed by atoms with E-state index >= 15 is 0 Å². The van der Waals surface area contributed by atoms with E-state index < -0.39 is 0 Å². The van der Waals surface area contributed by atoms with Gasteiger partial charge in [0, 0.05) is 10.6 Å². The summed E-state index contributed by atoms with van der Waals surface area (Å²) in [6, 6.07) is 13.7. The fraction of sp³-hybridized carbons (Fsp3) is 0.188. The molecule has 0 amide bonds. The van der Waals surface area contributed by atoms with Gasteiger partial charge in [-0.1, -0.05) is 6.07 Å². The standard InChI is InChI=1S/C16H18N2O2S/c1-19-12-4-6-13(7-5-12)21-10-11-3-8-14(16(17)18)15(9-11)20-2/h3-9H,10H2,1-2H3,(H3,17,18). The van der Waals surface area contributed by atoms with E-state index in [1.807, 2.05) is 42.5 Å². The van der Waals surface area contributed by atoms with E-state index in [9.17, 15) is 0 Å². The summed E-state index contributed by atoms with van der Waals surface area (Å²) in [5, 5.41) is 7.51. The van der Waals surface area contributed by atoms with Crippen LogP contribution in [0.15, 0.2) is 47.4 Å². The Morgan fingerprint density at radius 3 is 2.38 bits per heavy atom. The van der Waals surface area contributed by atoms with E-state index in [1.54, 1.807) is 26.0 Å². The molecule has 0 aliphatic carbocycles. The van der Waals surface area contributed by atoms with Crippen LogP contribution in [0.5, 0.6) is 11.5 Å². The molecule has 2 rings (SSSR count). The molecular formula is C16H18N2O2S. The number of amidine groups is 1. The van der Waals surface area contributed by atoms with Crippen LogP contribution in [0.4, 0.5) is 0 Å². The zero-order valence-corrected chi connectivity index (χ0v) is 12.9. The van der Waals surface area contributed by atoms with Gasteiger partial charge in [-0.15, -0.1) is 11.8 Å². The highest BCUT2D eigenvalue weighted by Gasteiger charge is 2.07. The summed E-state index contributed by atoms with van der Waals surface area (Å²) >= 11 is 1.73. The zero-order valence-electron chi connectivity index (χ0n) is 12.1. The zero-order chi connectivity index (χ0) is 15.2. The topological polar surface area (TPSA) is 68.3 Å². The third kappa shape index (κ3) is 3.92. The van der Waals surface area contributed by atoms with Gasteiger partial charge < -0.3 is 15.2 Å². The smallest absolute Gasteiger partial charge is 0.130 e. The molecule has 110 valence electrons. The van der Waals surface area contributed by atoms with Crippen LogP contribution in [0, 0.1) is 5.41 Å². The first-order valence-corrected chi connectivity index (χ1v) is 7.40. The molecule has 0 radical (unpaired) electrons. The molecule has 0 atom stereocenters. The molecule has 0 fully saturated rings. The number of methoxy groups -OCH3 is 2. The molecule has 0 aliphatic rings. The number of nitrogens with one attached hydrogen (secondary N) is 1. The second-order valence-electron chi connectivity index (χ2n) is 4.41. The molecule has 3 N–H and O–H groups in total. The fourth-order valence-electron chi connectivity index (χ4n) is 1.89. The van der Waals surface area contributed by atoms with Gasteiger partial charge in [-0.05, 0) is 42.0 Å². The van der Waals surface area contributed by atoms with Crippen molar-refractivity contribution in [3.63, 3.8) is 0 Å². The maximum Gasteiger partial charge on any atom is 0.130 e. The summed E-state index contributed by atoms with van der Waals surface area (Å²) in [7, 11) is 3.24. The summed E-state index contributed by atoms with van der Waals surface area (Å²) in [6.45, 7) is 0. The summed E-state index contributed by atoms with van der Waals surface area (Å²) in [4.78, 5) is 1.17. The second-order valence-corrected chi connectivity index (χ2v) is 5.46. The molecule has 0 heterocycles. The largest absolute Gasteiger partial charge is 0.497 e. The van der Waals surface area contributed by atoms with E-state index in [1.165, 1.54) is 4.90 Å². The minimum atomic E-state index is 0.0150. The molecule has 0 aliphatic heterocycles.